The molecule has 162 valence electrons. The van der Waals surface area contributed by atoms with Crippen molar-refractivity contribution in [1.29, 1.82) is 0 Å². The van der Waals surface area contributed by atoms with Gasteiger partial charge in [-0.2, -0.15) is 0 Å². The average Bonchev–Trinajstić information content (AvgIpc) is 3.35. The molecule has 4 rings (SSSR count). The number of pyridine rings is 1. The second kappa shape index (κ2) is 10.0. The molecule has 2 aromatic heterocycles. The molecule has 0 aliphatic carbocycles. The van der Waals surface area contributed by atoms with E-state index in [1.807, 2.05) is 35.7 Å². The summed E-state index contributed by atoms with van der Waals surface area (Å²) in [7, 11) is 1.59. The van der Waals surface area contributed by atoms with Crippen molar-refractivity contribution in [2.45, 2.75) is 25.4 Å². The van der Waals surface area contributed by atoms with Gasteiger partial charge < -0.3 is 10.1 Å². The monoisotopic (exact) mass is 439 g/mol. The van der Waals surface area contributed by atoms with Crippen LogP contribution in [0.4, 0.5) is 4.39 Å². The number of aromatic nitrogens is 1. The van der Waals surface area contributed by atoms with Gasteiger partial charge in [0.25, 0.3) is 5.91 Å². The van der Waals surface area contributed by atoms with Crippen LogP contribution in [0.15, 0.2) is 60.1 Å². The van der Waals surface area contributed by atoms with Gasteiger partial charge in [0.15, 0.2) is 0 Å². The fraction of sp³-hybridized carbons (Fsp3) is 0.333. The number of halogens is 1. The summed E-state index contributed by atoms with van der Waals surface area (Å²) >= 11 is 1.43. The van der Waals surface area contributed by atoms with E-state index in [1.54, 1.807) is 25.4 Å². The maximum Gasteiger partial charge on any atom is 0.261 e. The molecule has 0 radical (unpaired) electrons. The van der Waals surface area contributed by atoms with Gasteiger partial charge in [0, 0.05) is 18.3 Å². The Labute approximate surface area is 185 Å². The van der Waals surface area contributed by atoms with Crippen molar-refractivity contribution in [2.75, 3.05) is 20.2 Å². The third kappa shape index (κ3) is 5.29. The highest BCUT2D eigenvalue weighted by molar-refractivity contribution is 7.12. The van der Waals surface area contributed by atoms with Crippen molar-refractivity contribution in [3.05, 3.63) is 82.1 Å². The number of nitrogens with zero attached hydrogens (tertiary/aromatic N) is 2. The quantitative estimate of drug-likeness (QED) is 0.581. The van der Waals surface area contributed by atoms with Crippen LogP contribution in [0.1, 0.15) is 39.8 Å². The van der Waals surface area contributed by atoms with Gasteiger partial charge in [-0.05, 0) is 73.6 Å². The first-order chi connectivity index (χ1) is 15.1. The summed E-state index contributed by atoms with van der Waals surface area (Å²) in [6, 6.07) is 14.2. The standard InChI is InChI=1S/C24H26FN3O2S/c1-30-19-7-8-20(25)18(15-19)16-28-12-9-17(10-13-28)23(21-5-2-3-11-26-21)27-24(29)22-6-4-14-31-22/h2-8,11,14-15,17,23H,9-10,12-13,16H2,1H3,(H,27,29)/t23-/m1/s1. The number of nitrogens with one attached hydrogen (secondary N) is 1. The first-order valence-electron chi connectivity index (χ1n) is 10.4. The second-order valence-electron chi connectivity index (χ2n) is 7.75. The molecule has 3 heterocycles. The van der Waals surface area contributed by atoms with Crippen molar-refractivity contribution in [1.82, 2.24) is 15.2 Å². The molecular weight excluding hydrogens is 413 g/mol. The van der Waals surface area contributed by atoms with E-state index in [9.17, 15) is 9.18 Å². The third-order valence-corrected chi connectivity index (χ3v) is 6.66. The summed E-state index contributed by atoms with van der Waals surface area (Å²) in [5.41, 5.74) is 1.52. The SMILES string of the molecule is COc1ccc(F)c(CN2CCC([C@@H](NC(=O)c3cccs3)c3ccccn3)CC2)c1. The van der Waals surface area contributed by atoms with E-state index in [0.29, 0.717) is 22.7 Å². The molecule has 0 saturated carbocycles. The number of benzene rings is 1. The number of amides is 1. The fourth-order valence-electron chi connectivity index (χ4n) is 4.10. The maximum atomic E-state index is 14.2. The number of likely N-dealkylation sites (tertiary alicyclic amines) is 1. The number of ether oxygens (including phenoxy) is 1. The summed E-state index contributed by atoms with van der Waals surface area (Å²) in [6.45, 7) is 2.21. The lowest BCUT2D eigenvalue weighted by molar-refractivity contribution is 0.0892. The summed E-state index contributed by atoms with van der Waals surface area (Å²) in [5, 5.41) is 5.11. The predicted octanol–water partition coefficient (Wildman–Crippen LogP) is 4.67. The molecule has 1 saturated heterocycles. The number of methoxy groups -OCH3 is 1. The zero-order chi connectivity index (χ0) is 21.6. The minimum Gasteiger partial charge on any atom is -0.497 e. The zero-order valence-corrected chi connectivity index (χ0v) is 18.3. The Morgan fingerprint density at radius 1 is 1.26 bits per heavy atom. The Bertz CT molecular complexity index is 989. The summed E-state index contributed by atoms with van der Waals surface area (Å²) in [5.74, 6) is 0.659. The second-order valence-corrected chi connectivity index (χ2v) is 8.70. The van der Waals surface area contributed by atoms with Crippen molar-refractivity contribution in [3.63, 3.8) is 0 Å². The van der Waals surface area contributed by atoms with Crippen LogP contribution >= 0.6 is 11.3 Å². The molecule has 1 amide bonds. The number of thiophene rings is 1. The van der Waals surface area contributed by atoms with Crippen LogP contribution in [-0.4, -0.2) is 36.0 Å². The molecule has 1 N–H and O–H groups in total. The molecule has 1 aromatic carbocycles. The molecule has 1 fully saturated rings. The Morgan fingerprint density at radius 3 is 2.77 bits per heavy atom. The number of carbonyl (C=O) groups is 1. The Morgan fingerprint density at radius 2 is 2.10 bits per heavy atom. The molecule has 1 aliphatic rings. The highest BCUT2D eigenvalue weighted by atomic mass is 32.1. The van der Waals surface area contributed by atoms with Crippen molar-refractivity contribution in [2.24, 2.45) is 5.92 Å². The van der Waals surface area contributed by atoms with Gasteiger partial charge in [-0.3, -0.25) is 14.7 Å². The van der Waals surface area contributed by atoms with Gasteiger partial charge in [-0.25, -0.2) is 4.39 Å². The number of hydrogen-bond donors (Lipinski definition) is 1. The summed E-state index contributed by atoms with van der Waals surface area (Å²) in [4.78, 5) is 20.2. The Hall–Kier alpha value is -2.77. The van der Waals surface area contributed by atoms with Crippen LogP contribution in [0.5, 0.6) is 5.75 Å². The van der Waals surface area contributed by atoms with Gasteiger partial charge in [0.2, 0.25) is 0 Å². The summed E-state index contributed by atoms with van der Waals surface area (Å²) < 4.78 is 19.5. The molecule has 1 atom stereocenters. The van der Waals surface area contributed by atoms with E-state index in [2.05, 4.69) is 15.2 Å². The van der Waals surface area contributed by atoms with E-state index in [0.717, 1.165) is 31.6 Å². The van der Waals surface area contributed by atoms with Crippen molar-refractivity contribution < 1.29 is 13.9 Å². The number of piperidine rings is 1. The molecule has 0 unspecified atom stereocenters. The molecule has 3 aromatic rings. The largest absolute Gasteiger partial charge is 0.497 e. The van der Waals surface area contributed by atoms with Crippen LogP contribution in [0, 0.1) is 11.7 Å². The highest BCUT2D eigenvalue weighted by Gasteiger charge is 2.30. The van der Waals surface area contributed by atoms with Crippen LogP contribution in [0.2, 0.25) is 0 Å². The number of rotatable bonds is 7. The Kier molecular flexibility index (Phi) is 6.94. The van der Waals surface area contributed by atoms with Gasteiger partial charge in [-0.15, -0.1) is 11.3 Å². The topological polar surface area (TPSA) is 54.5 Å². The number of hydrogen-bond acceptors (Lipinski definition) is 5. The molecule has 1 aliphatic heterocycles. The maximum absolute atomic E-state index is 14.2. The minimum absolute atomic E-state index is 0.0634. The first kappa shape index (κ1) is 21.5. The molecule has 0 spiro atoms. The van der Waals surface area contributed by atoms with Crippen LogP contribution < -0.4 is 10.1 Å². The highest BCUT2D eigenvalue weighted by Crippen LogP contribution is 2.31. The molecule has 5 nitrogen and oxygen atoms in total. The average molecular weight is 440 g/mol. The Balaban J connectivity index is 1.43. The predicted molar refractivity (Wildman–Crippen MR) is 120 cm³/mol. The molecule has 0 bridgehead atoms. The van der Waals surface area contributed by atoms with Crippen LogP contribution in [-0.2, 0) is 6.54 Å². The molecule has 7 heteroatoms. The molecule has 31 heavy (non-hydrogen) atoms. The normalized spacial score (nSPS) is 16.1. The summed E-state index contributed by atoms with van der Waals surface area (Å²) in [6.07, 6.45) is 3.56. The van der Waals surface area contributed by atoms with Crippen LogP contribution in [0.25, 0.3) is 0 Å². The van der Waals surface area contributed by atoms with Gasteiger partial charge in [0.1, 0.15) is 11.6 Å². The van der Waals surface area contributed by atoms with E-state index in [-0.39, 0.29) is 23.7 Å². The lowest BCUT2D eigenvalue weighted by atomic mass is 9.87. The van der Waals surface area contributed by atoms with Gasteiger partial charge in [0.05, 0.1) is 23.7 Å². The number of carbonyl (C=O) groups excluding carboxylic acids is 1. The smallest absolute Gasteiger partial charge is 0.261 e. The van der Waals surface area contributed by atoms with E-state index < -0.39 is 0 Å². The lowest BCUT2D eigenvalue weighted by Crippen LogP contribution is -2.40. The first-order valence-corrected chi connectivity index (χ1v) is 11.3. The van der Waals surface area contributed by atoms with E-state index >= 15 is 0 Å². The minimum atomic E-state index is -0.211. The third-order valence-electron chi connectivity index (χ3n) is 5.79. The van der Waals surface area contributed by atoms with Gasteiger partial charge >= 0.3 is 0 Å². The zero-order valence-electron chi connectivity index (χ0n) is 17.5. The van der Waals surface area contributed by atoms with Crippen molar-refractivity contribution >= 4 is 17.2 Å². The molecular formula is C24H26FN3O2S. The van der Waals surface area contributed by atoms with E-state index in [4.69, 9.17) is 4.74 Å². The van der Waals surface area contributed by atoms with E-state index in [1.165, 1.54) is 17.4 Å². The van der Waals surface area contributed by atoms with Crippen molar-refractivity contribution in [3.8, 4) is 5.75 Å². The lowest BCUT2D eigenvalue weighted by Gasteiger charge is -2.36. The van der Waals surface area contributed by atoms with Gasteiger partial charge in [-0.1, -0.05) is 12.1 Å². The fourth-order valence-corrected chi connectivity index (χ4v) is 4.72. The van der Waals surface area contributed by atoms with Crippen LogP contribution in [0.3, 0.4) is 0 Å².